The second kappa shape index (κ2) is 12.0. The summed E-state index contributed by atoms with van der Waals surface area (Å²) in [6.07, 6.45) is 0.683. The predicted molar refractivity (Wildman–Crippen MR) is 148 cm³/mol. The lowest BCUT2D eigenvalue weighted by Crippen LogP contribution is -2.47. The second-order valence-corrected chi connectivity index (χ2v) is 11.4. The van der Waals surface area contributed by atoms with Crippen molar-refractivity contribution in [1.82, 2.24) is 10.6 Å². The molecule has 0 radical (unpaired) electrons. The zero-order valence-corrected chi connectivity index (χ0v) is 23.1. The highest BCUT2D eigenvalue weighted by Gasteiger charge is 2.27. The van der Waals surface area contributed by atoms with E-state index in [1.807, 2.05) is 55.4 Å². The summed E-state index contributed by atoms with van der Waals surface area (Å²) < 4.78 is 0. The Labute approximate surface area is 220 Å². The smallest absolute Gasteiger partial charge is 0.251 e. The highest BCUT2D eigenvalue weighted by Crippen LogP contribution is 2.19. The van der Waals surface area contributed by atoms with Crippen LogP contribution < -0.4 is 21.3 Å². The Morgan fingerprint density at radius 1 is 0.730 bits per heavy atom. The number of carbonyl (C=O) groups is 4. The molecule has 0 bridgehead atoms. The van der Waals surface area contributed by atoms with Gasteiger partial charge in [0.05, 0.1) is 0 Å². The molecular formula is C29H40N4O4. The molecule has 2 atom stereocenters. The van der Waals surface area contributed by atoms with Gasteiger partial charge in [0, 0.05) is 33.5 Å². The molecular weight excluding hydrogens is 468 g/mol. The summed E-state index contributed by atoms with van der Waals surface area (Å²) in [5.74, 6) is -1.17. The van der Waals surface area contributed by atoms with E-state index >= 15 is 0 Å². The quantitative estimate of drug-likeness (QED) is 0.402. The second-order valence-electron chi connectivity index (χ2n) is 11.4. The van der Waals surface area contributed by atoms with E-state index in [-0.39, 0.29) is 35.1 Å². The minimum Gasteiger partial charge on any atom is -0.347 e. The van der Waals surface area contributed by atoms with Gasteiger partial charge in [-0.2, -0.15) is 0 Å². The summed E-state index contributed by atoms with van der Waals surface area (Å²) in [6.45, 7) is 15.0. The summed E-state index contributed by atoms with van der Waals surface area (Å²) in [5.41, 5.74) is 1.09. The van der Waals surface area contributed by atoms with Crippen LogP contribution in [0.25, 0.3) is 0 Å². The molecule has 0 aliphatic carbocycles. The van der Waals surface area contributed by atoms with Crippen molar-refractivity contribution in [2.24, 2.45) is 11.3 Å². The van der Waals surface area contributed by atoms with Crippen molar-refractivity contribution in [2.45, 2.75) is 73.4 Å². The highest BCUT2D eigenvalue weighted by atomic mass is 16.2. The average Bonchev–Trinajstić information content (AvgIpc) is 2.81. The molecule has 0 unspecified atom stereocenters. The topological polar surface area (TPSA) is 116 Å². The van der Waals surface area contributed by atoms with Crippen molar-refractivity contribution in [2.75, 3.05) is 10.6 Å². The molecule has 0 aliphatic rings. The van der Waals surface area contributed by atoms with E-state index < -0.39 is 11.5 Å². The predicted octanol–water partition coefficient (Wildman–Crippen LogP) is 4.98. The lowest BCUT2D eigenvalue weighted by Gasteiger charge is -2.24. The van der Waals surface area contributed by atoms with Gasteiger partial charge in [-0.05, 0) is 75.2 Å². The van der Waals surface area contributed by atoms with Crippen LogP contribution in [0.15, 0.2) is 48.5 Å². The van der Waals surface area contributed by atoms with Crippen molar-refractivity contribution >= 4 is 35.0 Å². The molecule has 0 heterocycles. The van der Waals surface area contributed by atoms with Crippen LogP contribution in [0, 0.1) is 11.3 Å². The maximum absolute atomic E-state index is 13.1. The Morgan fingerprint density at radius 2 is 1.19 bits per heavy atom. The molecule has 8 nitrogen and oxygen atoms in total. The van der Waals surface area contributed by atoms with E-state index in [4.69, 9.17) is 0 Å². The fourth-order valence-electron chi connectivity index (χ4n) is 3.29. The normalized spacial score (nSPS) is 13.2. The fourth-order valence-corrected chi connectivity index (χ4v) is 3.29. The number of nitrogens with one attached hydrogen (secondary N) is 4. The Balaban J connectivity index is 2.08. The molecule has 0 aliphatic heterocycles. The van der Waals surface area contributed by atoms with Gasteiger partial charge < -0.3 is 21.3 Å². The molecule has 2 aromatic carbocycles. The maximum atomic E-state index is 13.1. The SMILES string of the molecule is CC[C@H](C)[C@H](NC(=O)c1ccc(NC(=O)C(C)(C)C)cc1)C(=O)Nc1ccc(C(=O)NC(C)(C)C)cc1. The molecule has 0 spiro atoms. The fraction of sp³-hybridized carbons (Fsp3) is 0.448. The maximum Gasteiger partial charge on any atom is 0.251 e. The third-order valence-corrected chi connectivity index (χ3v) is 5.77. The minimum atomic E-state index is -0.762. The van der Waals surface area contributed by atoms with E-state index in [0.29, 0.717) is 28.9 Å². The summed E-state index contributed by atoms with van der Waals surface area (Å²) in [5, 5.41) is 11.4. The molecule has 4 N–H and O–H groups in total. The minimum absolute atomic E-state index is 0.119. The van der Waals surface area contributed by atoms with Crippen LogP contribution in [0.1, 0.15) is 82.5 Å². The van der Waals surface area contributed by atoms with Crippen molar-refractivity contribution in [3.05, 3.63) is 59.7 Å². The van der Waals surface area contributed by atoms with E-state index in [1.54, 1.807) is 48.5 Å². The average molecular weight is 509 g/mol. The Morgan fingerprint density at radius 3 is 1.62 bits per heavy atom. The van der Waals surface area contributed by atoms with Crippen molar-refractivity contribution < 1.29 is 19.2 Å². The molecule has 2 rings (SSSR count). The van der Waals surface area contributed by atoms with Crippen LogP contribution in [0.4, 0.5) is 11.4 Å². The molecule has 2 aromatic rings. The first-order valence-corrected chi connectivity index (χ1v) is 12.6. The van der Waals surface area contributed by atoms with Crippen molar-refractivity contribution in [3.63, 3.8) is 0 Å². The van der Waals surface area contributed by atoms with Gasteiger partial charge in [0.15, 0.2) is 0 Å². The zero-order valence-electron chi connectivity index (χ0n) is 23.1. The van der Waals surface area contributed by atoms with Gasteiger partial charge in [-0.3, -0.25) is 19.2 Å². The Bertz CT molecular complexity index is 1110. The molecule has 37 heavy (non-hydrogen) atoms. The summed E-state index contributed by atoms with van der Waals surface area (Å²) in [4.78, 5) is 50.6. The number of carbonyl (C=O) groups excluding carboxylic acids is 4. The van der Waals surface area contributed by atoms with Crippen LogP contribution in [0.5, 0.6) is 0 Å². The zero-order chi connectivity index (χ0) is 28.0. The van der Waals surface area contributed by atoms with Crippen LogP contribution in [-0.4, -0.2) is 35.2 Å². The van der Waals surface area contributed by atoms with E-state index in [9.17, 15) is 19.2 Å². The number of anilines is 2. The third-order valence-electron chi connectivity index (χ3n) is 5.77. The first kappa shape index (κ1) is 29.5. The van der Waals surface area contributed by atoms with Gasteiger partial charge in [-0.25, -0.2) is 0 Å². The number of hydrogen-bond donors (Lipinski definition) is 4. The Kier molecular flexibility index (Phi) is 9.61. The van der Waals surface area contributed by atoms with Crippen LogP contribution >= 0.6 is 0 Å². The van der Waals surface area contributed by atoms with Gasteiger partial charge in [0.25, 0.3) is 11.8 Å². The highest BCUT2D eigenvalue weighted by molar-refractivity contribution is 6.02. The molecule has 0 fully saturated rings. The molecule has 200 valence electrons. The molecule has 0 saturated heterocycles. The lowest BCUT2D eigenvalue weighted by molar-refractivity contribution is -0.123. The number of rotatable bonds is 8. The Hall–Kier alpha value is -3.68. The van der Waals surface area contributed by atoms with E-state index in [2.05, 4.69) is 21.3 Å². The first-order chi connectivity index (χ1) is 17.1. The summed E-state index contributed by atoms with van der Waals surface area (Å²) in [6, 6.07) is 12.4. The number of hydrogen-bond acceptors (Lipinski definition) is 4. The van der Waals surface area contributed by atoms with Crippen molar-refractivity contribution in [1.29, 1.82) is 0 Å². The third kappa shape index (κ3) is 9.04. The lowest BCUT2D eigenvalue weighted by atomic mass is 9.95. The largest absolute Gasteiger partial charge is 0.347 e. The van der Waals surface area contributed by atoms with Crippen LogP contribution in [0.3, 0.4) is 0 Å². The van der Waals surface area contributed by atoms with Crippen LogP contribution in [-0.2, 0) is 9.59 Å². The molecule has 8 heteroatoms. The number of amides is 4. The first-order valence-electron chi connectivity index (χ1n) is 12.6. The standard InChI is InChI=1S/C29H40N4O4/c1-9-18(2)23(26(36)30-21-14-12-20(13-15-21)25(35)33-29(6,7)8)32-24(34)19-10-16-22(17-11-19)31-27(37)28(3,4)5/h10-18,23H,9H2,1-8H3,(H,30,36)(H,31,37)(H,32,34)(H,33,35)/t18-,23-/m0/s1. The molecule has 4 amide bonds. The van der Waals surface area contributed by atoms with Gasteiger partial charge in [-0.1, -0.05) is 41.0 Å². The summed E-state index contributed by atoms with van der Waals surface area (Å²) >= 11 is 0. The van der Waals surface area contributed by atoms with E-state index in [0.717, 1.165) is 0 Å². The van der Waals surface area contributed by atoms with Crippen molar-refractivity contribution in [3.8, 4) is 0 Å². The van der Waals surface area contributed by atoms with E-state index in [1.165, 1.54) is 0 Å². The van der Waals surface area contributed by atoms with Gasteiger partial charge in [0.2, 0.25) is 11.8 Å². The molecule has 0 saturated carbocycles. The van der Waals surface area contributed by atoms with Gasteiger partial charge in [0.1, 0.15) is 6.04 Å². The summed E-state index contributed by atoms with van der Waals surface area (Å²) in [7, 11) is 0. The number of benzene rings is 2. The van der Waals surface area contributed by atoms with Crippen LogP contribution in [0.2, 0.25) is 0 Å². The van der Waals surface area contributed by atoms with Gasteiger partial charge >= 0.3 is 0 Å². The monoisotopic (exact) mass is 508 g/mol. The molecule has 0 aromatic heterocycles. The van der Waals surface area contributed by atoms with Gasteiger partial charge in [-0.15, -0.1) is 0 Å².